The van der Waals surface area contributed by atoms with Crippen LogP contribution in [-0.4, -0.2) is 81.0 Å². The molecule has 0 atom stereocenters. The van der Waals surface area contributed by atoms with Gasteiger partial charge in [-0.2, -0.15) is 0 Å². The van der Waals surface area contributed by atoms with E-state index in [1.54, 1.807) is 0 Å². The highest BCUT2D eigenvalue weighted by molar-refractivity contribution is 5.81. The number of carbonyl (C=O) groups is 1. The SMILES string of the molecule is O=C(C1CC1)N(CCN1CCOCC1)C1CCN(c2ccc3c(c2)OCO3)CC1. The van der Waals surface area contributed by atoms with Crippen LogP contribution in [0.3, 0.4) is 0 Å². The van der Waals surface area contributed by atoms with Crippen molar-refractivity contribution in [1.29, 1.82) is 0 Å². The molecule has 3 aliphatic heterocycles. The Bertz CT molecular complexity index is 725. The van der Waals surface area contributed by atoms with Crippen molar-refractivity contribution in [3.8, 4) is 11.5 Å². The molecule has 0 aromatic heterocycles. The summed E-state index contributed by atoms with van der Waals surface area (Å²) in [5.74, 6) is 2.33. The number of morpholine rings is 1. The molecule has 4 aliphatic rings. The van der Waals surface area contributed by atoms with E-state index in [2.05, 4.69) is 26.8 Å². The monoisotopic (exact) mass is 401 g/mol. The van der Waals surface area contributed by atoms with Gasteiger partial charge in [-0.3, -0.25) is 9.69 Å². The van der Waals surface area contributed by atoms with Crippen molar-refractivity contribution in [3.63, 3.8) is 0 Å². The number of ether oxygens (including phenoxy) is 3. The molecule has 0 unspecified atom stereocenters. The van der Waals surface area contributed by atoms with Gasteiger partial charge >= 0.3 is 0 Å². The van der Waals surface area contributed by atoms with Gasteiger partial charge in [-0.25, -0.2) is 0 Å². The predicted molar refractivity (Wildman–Crippen MR) is 109 cm³/mol. The standard InChI is InChI=1S/C22H31N3O4/c26-22(17-1-2-17)25(10-9-23-11-13-27-14-12-23)18-5-7-24(8-6-18)19-3-4-20-21(15-19)29-16-28-20/h3-4,15,17-18H,1-2,5-14,16H2. The van der Waals surface area contributed by atoms with Crippen molar-refractivity contribution in [2.45, 2.75) is 31.7 Å². The minimum atomic E-state index is 0.284. The maximum absolute atomic E-state index is 13.0. The van der Waals surface area contributed by atoms with Gasteiger partial charge in [-0.05, 0) is 37.8 Å². The number of hydrogen-bond donors (Lipinski definition) is 0. The molecule has 158 valence electrons. The van der Waals surface area contributed by atoms with Crippen LogP contribution in [-0.2, 0) is 9.53 Å². The highest BCUT2D eigenvalue weighted by atomic mass is 16.7. The largest absolute Gasteiger partial charge is 0.454 e. The van der Waals surface area contributed by atoms with Crippen LogP contribution in [0.25, 0.3) is 0 Å². The Morgan fingerprint density at radius 2 is 1.76 bits per heavy atom. The van der Waals surface area contributed by atoms with Crippen molar-refractivity contribution in [3.05, 3.63) is 18.2 Å². The van der Waals surface area contributed by atoms with Crippen LogP contribution in [0, 0.1) is 5.92 Å². The Kier molecular flexibility index (Phi) is 5.50. The van der Waals surface area contributed by atoms with Crippen molar-refractivity contribution in [1.82, 2.24) is 9.80 Å². The molecule has 7 nitrogen and oxygen atoms in total. The van der Waals surface area contributed by atoms with Gasteiger partial charge in [0.15, 0.2) is 11.5 Å². The van der Waals surface area contributed by atoms with Gasteiger partial charge in [-0.1, -0.05) is 0 Å². The molecule has 1 aliphatic carbocycles. The number of hydrogen-bond acceptors (Lipinski definition) is 6. The zero-order chi connectivity index (χ0) is 19.6. The van der Waals surface area contributed by atoms with E-state index in [9.17, 15) is 4.79 Å². The summed E-state index contributed by atoms with van der Waals surface area (Å²) in [4.78, 5) is 20.0. The smallest absolute Gasteiger partial charge is 0.231 e. The zero-order valence-corrected chi connectivity index (χ0v) is 17.1. The summed E-state index contributed by atoms with van der Waals surface area (Å²) < 4.78 is 16.4. The average molecular weight is 402 g/mol. The maximum atomic E-state index is 13.0. The Morgan fingerprint density at radius 3 is 2.52 bits per heavy atom. The van der Waals surface area contributed by atoms with Crippen molar-refractivity contribution in [2.24, 2.45) is 5.92 Å². The molecular weight excluding hydrogens is 370 g/mol. The van der Waals surface area contributed by atoms with Gasteiger partial charge in [0.2, 0.25) is 12.7 Å². The van der Waals surface area contributed by atoms with Crippen molar-refractivity contribution < 1.29 is 19.0 Å². The second kappa shape index (κ2) is 8.40. The summed E-state index contributed by atoms with van der Waals surface area (Å²) in [7, 11) is 0. The van der Waals surface area contributed by atoms with Crippen LogP contribution in [0.5, 0.6) is 11.5 Å². The summed E-state index contributed by atoms with van der Waals surface area (Å²) in [5.41, 5.74) is 1.18. The Labute approximate surface area is 172 Å². The second-order valence-corrected chi connectivity index (χ2v) is 8.52. The molecule has 1 aromatic rings. The van der Waals surface area contributed by atoms with Crippen molar-refractivity contribution >= 4 is 11.6 Å². The fourth-order valence-electron chi connectivity index (χ4n) is 4.63. The number of amides is 1. The van der Waals surface area contributed by atoms with Crippen LogP contribution < -0.4 is 14.4 Å². The van der Waals surface area contributed by atoms with Crippen molar-refractivity contribution in [2.75, 3.05) is 64.2 Å². The molecule has 7 heteroatoms. The Balaban J connectivity index is 1.19. The molecule has 1 amide bonds. The first-order chi connectivity index (χ1) is 14.3. The minimum absolute atomic E-state index is 0.284. The van der Waals surface area contributed by atoms with Crippen LogP contribution in [0.15, 0.2) is 18.2 Å². The van der Waals surface area contributed by atoms with E-state index in [4.69, 9.17) is 14.2 Å². The number of anilines is 1. The summed E-state index contributed by atoms with van der Waals surface area (Å²) >= 11 is 0. The molecule has 0 radical (unpaired) electrons. The summed E-state index contributed by atoms with van der Waals surface area (Å²) in [5, 5.41) is 0. The van der Waals surface area contributed by atoms with E-state index in [1.165, 1.54) is 5.69 Å². The lowest BCUT2D eigenvalue weighted by molar-refractivity contribution is -0.135. The highest BCUT2D eigenvalue weighted by Gasteiger charge is 2.37. The van der Waals surface area contributed by atoms with E-state index >= 15 is 0 Å². The first-order valence-corrected chi connectivity index (χ1v) is 11.0. The fourth-order valence-corrected chi connectivity index (χ4v) is 4.63. The number of rotatable bonds is 6. The molecule has 0 spiro atoms. The maximum Gasteiger partial charge on any atom is 0.231 e. The third-order valence-electron chi connectivity index (χ3n) is 6.60. The molecule has 0 bridgehead atoms. The van der Waals surface area contributed by atoms with Gasteiger partial charge in [0, 0.05) is 63.0 Å². The molecule has 2 saturated heterocycles. The van der Waals surface area contributed by atoms with Gasteiger partial charge in [0.05, 0.1) is 13.2 Å². The third-order valence-corrected chi connectivity index (χ3v) is 6.60. The van der Waals surface area contributed by atoms with Crippen LogP contribution >= 0.6 is 0 Å². The van der Waals surface area contributed by atoms with E-state index in [0.717, 1.165) is 89.7 Å². The van der Waals surface area contributed by atoms with E-state index in [1.807, 2.05) is 6.07 Å². The molecule has 5 rings (SSSR count). The molecule has 1 aromatic carbocycles. The number of benzene rings is 1. The van der Waals surface area contributed by atoms with Crippen LogP contribution in [0.4, 0.5) is 5.69 Å². The fraction of sp³-hybridized carbons (Fsp3) is 0.682. The highest BCUT2D eigenvalue weighted by Crippen LogP contribution is 2.37. The Morgan fingerprint density at radius 1 is 1.00 bits per heavy atom. The zero-order valence-electron chi connectivity index (χ0n) is 17.1. The number of piperidine rings is 1. The molecule has 1 saturated carbocycles. The third kappa shape index (κ3) is 4.31. The topological polar surface area (TPSA) is 54.5 Å². The lowest BCUT2D eigenvalue weighted by Crippen LogP contribution is -2.51. The second-order valence-electron chi connectivity index (χ2n) is 8.52. The normalized spacial score (nSPS) is 22.7. The van der Waals surface area contributed by atoms with E-state index < -0.39 is 0 Å². The summed E-state index contributed by atoms with van der Waals surface area (Å²) in [6, 6.07) is 6.54. The lowest BCUT2D eigenvalue weighted by Gasteiger charge is -2.40. The molecule has 29 heavy (non-hydrogen) atoms. The number of carbonyl (C=O) groups excluding carboxylic acids is 1. The predicted octanol–water partition coefficient (Wildman–Crippen LogP) is 1.95. The number of fused-ring (bicyclic) bond motifs is 1. The first-order valence-electron chi connectivity index (χ1n) is 11.0. The lowest BCUT2D eigenvalue weighted by atomic mass is 10.0. The Hall–Kier alpha value is -1.99. The minimum Gasteiger partial charge on any atom is -0.454 e. The summed E-state index contributed by atoms with van der Waals surface area (Å²) in [6.45, 7) is 7.64. The first kappa shape index (κ1) is 19.0. The van der Waals surface area contributed by atoms with Crippen LogP contribution in [0.2, 0.25) is 0 Å². The van der Waals surface area contributed by atoms with Gasteiger partial charge in [-0.15, -0.1) is 0 Å². The molecule has 3 heterocycles. The quantitative estimate of drug-likeness (QED) is 0.726. The van der Waals surface area contributed by atoms with Gasteiger partial charge in [0.1, 0.15) is 0 Å². The summed E-state index contributed by atoms with van der Waals surface area (Å²) in [6.07, 6.45) is 4.19. The number of nitrogens with zero attached hydrogens (tertiary/aromatic N) is 3. The van der Waals surface area contributed by atoms with E-state index in [0.29, 0.717) is 18.7 Å². The molecule has 3 fully saturated rings. The van der Waals surface area contributed by atoms with Gasteiger partial charge < -0.3 is 24.0 Å². The van der Waals surface area contributed by atoms with Gasteiger partial charge in [0.25, 0.3) is 0 Å². The molecule has 0 N–H and O–H groups in total. The van der Waals surface area contributed by atoms with E-state index in [-0.39, 0.29) is 5.92 Å². The average Bonchev–Trinajstić information content (AvgIpc) is 3.52. The molecular formula is C22H31N3O4. The van der Waals surface area contributed by atoms with Crippen LogP contribution in [0.1, 0.15) is 25.7 Å².